The molecule has 3 rings (SSSR count). The number of hydrogen-bond donors (Lipinski definition) is 0. The molecule has 0 atom stereocenters. The second-order valence-corrected chi connectivity index (χ2v) is 7.36. The average Bonchev–Trinajstić information content (AvgIpc) is 2.77. The van der Waals surface area contributed by atoms with Crippen molar-refractivity contribution in [2.45, 2.75) is 18.9 Å². The van der Waals surface area contributed by atoms with Crippen LogP contribution in [0.1, 0.15) is 27.0 Å². The molecule has 0 spiro atoms. The Balaban J connectivity index is 1.84. The average molecular weight is 483 g/mol. The Labute approximate surface area is 191 Å². The summed E-state index contributed by atoms with van der Waals surface area (Å²) in [7, 11) is 2.73. The molecule has 0 aliphatic rings. The number of carbonyl (C=O) groups excluding carboxylic acids is 1. The number of carbonyl (C=O) groups is 1. The highest BCUT2D eigenvalue weighted by molar-refractivity contribution is 5.97. The van der Waals surface area contributed by atoms with E-state index in [9.17, 15) is 31.1 Å². The van der Waals surface area contributed by atoms with E-state index in [4.69, 9.17) is 9.57 Å². The first-order valence-corrected chi connectivity index (χ1v) is 9.83. The fourth-order valence-electron chi connectivity index (χ4n) is 3.29. The van der Waals surface area contributed by atoms with Gasteiger partial charge in [0, 0.05) is 7.05 Å². The molecule has 0 fully saturated rings. The van der Waals surface area contributed by atoms with Crippen LogP contribution in [0.4, 0.5) is 26.3 Å². The van der Waals surface area contributed by atoms with Gasteiger partial charge in [0.25, 0.3) is 0 Å². The lowest BCUT2D eigenvalue weighted by molar-refractivity contribution is -0.143. The van der Waals surface area contributed by atoms with E-state index in [1.54, 1.807) is 42.5 Å². The highest BCUT2D eigenvalue weighted by atomic mass is 19.4. The summed E-state index contributed by atoms with van der Waals surface area (Å²) in [6.45, 7) is -0.500. The maximum Gasteiger partial charge on any atom is 0.416 e. The Morgan fingerprint density at radius 2 is 1.47 bits per heavy atom. The van der Waals surface area contributed by atoms with Crippen LogP contribution in [0.5, 0.6) is 5.75 Å². The third kappa shape index (κ3) is 6.07. The van der Waals surface area contributed by atoms with E-state index in [0.29, 0.717) is 29.0 Å². The van der Waals surface area contributed by atoms with Crippen LogP contribution in [0.15, 0.2) is 66.7 Å². The predicted octanol–water partition coefficient (Wildman–Crippen LogP) is 6.60. The molecule has 0 aromatic heterocycles. The number of methoxy groups -OCH3 is 1. The SMILES string of the molecule is COc1cccc(-c2ccccc2C(=O)ON(C)Cc2cc(C(F)(F)F)cc(C(F)(F)F)c2)c1. The number of alkyl halides is 6. The maximum atomic E-state index is 13.1. The first-order chi connectivity index (χ1) is 15.9. The number of hydrogen-bond acceptors (Lipinski definition) is 4. The second-order valence-electron chi connectivity index (χ2n) is 7.36. The van der Waals surface area contributed by atoms with Gasteiger partial charge in [0.2, 0.25) is 0 Å². The van der Waals surface area contributed by atoms with Crippen LogP contribution in [0, 0.1) is 0 Å². The molecule has 0 radical (unpaired) electrons. The first kappa shape index (κ1) is 25.1. The summed E-state index contributed by atoms with van der Waals surface area (Å²) in [5, 5.41) is 0.875. The van der Waals surface area contributed by atoms with Gasteiger partial charge in [-0.25, -0.2) is 4.79 Å². The minimum Gasteiger partial charge on any atom is -0.497 e. The van der Waals surface area contributed by atoms with Gasteiger partial charge in [-0.15, -0.1) is 5.06 Å². The van der Waals surface area contributed by atoms with Gasteiger partial charge in [0.1, 0.15) is 5.75 Å². The second kappa shape index (κ2) is 9.76. The molecule has 34 heavy (non-hydrogen) atoms. The lowest BCUT2D eigenvalue weighted by atomic mass is 9.99. The van der Waals surface area contributed by atoms with E-state index in [1.165, 1.54) is 20.2 Å². The molecule has 0 N–H and O–H groups in total. The largest absolute Gasteiger partial charge is 0.497 e. The lowest BCUT2D eigenvalue weighted by Crippen LogP contribution is -2.24. The van der Waals surface area contributed by atoms with Crippen LogP contribution < -0.4 is 4.74 Å². The highest BCUT2D eigenvalue weighted by Gasteiger charge is 2.37. The zero-order chi connectivity index (χ0) is 25.1. The van der Waals surface area contributed by atoms with Crippen molar-refractivity contribution >= 4 is 5.97 Å². The van der Waals surface area contributed by atoms with Crippen LogP contribution in [-0.4, -0.2) is 25.2 Å². The fraction of sp³-hybridized carbons (Fsp3) is 0.208. The minimum absolute atomic E-state index is 0.0416. The standard InChI is InChI=1S/C24H19F6NO3/c1-31(14-15-10-17(23(25,26)27)13-18(11-15)24(28,29)30)34-22(32)21-9-4-3-8-20(21)16-6-5-7-19(12-16)33-2/h3-13H,14H2,1-2H3. The van der Waals surface area contributed by atoms with Gasteiger partial charge in [-0.2, -0.15) is 26.3 Å². The molecule has 0 aliphatic heterocycles. The third-order valence-corrected chi connectivity index (χ3v) is 4.82. The van der Waals surface area contributed by atoms with Crippen molar-refractivity contribution in [1.29, 1.82) is 0 Å². The van der Waals surface area contributed by atoms with Crippen LogP contribution in [-0.2, 0) is 23.7 Å². The third-order valence-electron chi connectivity index (χ3n) is 4.82. The first-order valence-electron chi connectivity index (χ1n) is 9.83. The summed E-state index contributed by atoms with van der Waals surface area (Å²) in [5.74, 6) is -0.272. The van der Waals surface area contributed by atoms with E-state index in [2.05, 4.69) is 0 Å². The van der Waals surface area contributed by atoms with Crippen molar-refractivity contribution in [3.05, 3.63) is 89.0 Å². The zero-order valence-electron chi connectivity index (χ0n) is 18.0. The van der Waals surface area contributed by atoms with Crippen LogP contribution in [0.2, 0.25) is 0 Å². The number of rotatable bonds is 6. The zero-order valence-corrected chi connectivity index (χ0v) is 18.0. The summed E-state index contributed by atoms with van der Waals surface area (Å²) in [6.07, 6.45) is -9.94. The van der Waals surface area contributed by atoms with Crippen molar-refractivity contribution in [1.82, 2.24) is 5.06 Å². The summed E-state index contributed by atoms with van der Waals surface area (Å²) in [5.41, 5.74) is -1.89. The monoisotopic (exact) mass is 483 g/mol. The molecule has 0 unspecified atom stereocenters. The smallest absolute Gasteiger partial charge is 0.416 e. The number of hydroxylamine groups is 2. The van der Waals surface area contributed by atoms with E-state index in [1.807, 2.05) is 0 Å². The predicted molar refractivity (Wildman–Crippen MR) is 112 cm³/mol. The molecule has 0 bridgehead atoms. The summed E-state index contributed by atoms with van der Waals surface area (Å²) < 4.78 is 83.7. The quantitative estimate of drug-likeness (QED) is 0.292. The van der Waals surface area contributed by atoms with Gasteiger partial charge >= 0.3 is 18.3 Å². The number of halogens is 6. The van der Waals surface area contributed by atoms with Crippen LogP contribution >= 0.6 is 0 Å². The molecule has 0 heterocycles. The topological polar surface area (TPSA) is 38.8 Å². The van der Waals surface area contributed by atoms with Crippen LogP contribution in [0.3, 0.4) is 0 Å². The Morgan fingerprint density at radius 3 is 2.06 bits per heavy atom. The van der Waals surface area contributed by atoms with Gasteiger partial charge in [0.05, 0.1) is 30.3 Å². The van der Waals surface area contributed by atoms with E-state index >= 15 is 0 Å². The molecular weight excluding hydrogens is 464 g/mol. The molecule has 0 saturated heterocycles. The van der Waals surface area contributed by atoms with Gasteiger partial charge < -0.3 is 9.57 Å². The summed E-state index contributed by atoms with van der Waals surface area (Å²) in [6, 6.07) is 14.6. The Kier molecular flexibility index (Phi) is 7.21. The Hall–Kier alpha value is -3.53. The van der Waals surface area contributed by atoms with Crippen molar-refractivity contribution in [2.75, 3.05) is 14.2 Å². The summed E-state index contributed by atoms with van der Waals surface area (Å²) in [4.78, 5) is 18.0. The van der Waals surface area contributed by atoms with Gasteiger partial charge in [-0.05, 0) is 53.1 Å². The molecule has 3 aromatic carbocycles. The van der Waals surface area contributed by atoms with E-state index in [0.717, 1.165) is 5.06 Å². The number of nitrogens with zero attached hydrogens (tertiary/aromatic N) is 1. The molecule has 180 valence electrons. The highest BCUT2D eigenvalue weighted by Crippen LogP contribution is 2.36. The molecule has 0 aliphatic carbocycles. The maximum absolute atomic E-state index is 13.1. The molecule has 10 heteroatoms. The fourth-order valence-corrected chi connectivity index (χ4v) is 3.29. The Morgan fingerprint density at radius 1 is 0.853 bits per heavy atom. The summed E-state index contributed by atoms with van der Waals surface area (Å²) >= 11 is 0. The Bertz CT molecular complexity index is 1140. The van der Waals surface area contributed by atoms with Gasteiger partial charge in [-0.3, -0.25) is 0 Å². The number of ether oxygens (including phenoxy) is 1. The van der Waals surface area contributed by atoms with Gasteiger partial charge in [-0.1, -0.05) is 30.3 Å². The van der Waals surface area contributed by atoms with Gasteiger partial charge in [0.15, 0.2) is 0 Å². The molecule has 3 aromatic rings. The number of benzene rings is 3. The molecule has 0 saturated carbocycles. The molecular formula is C24H19F6NO3. The van der Waals surface area contributed by atoms with Crippen molar-refractivity contribution in [3.63, 3.8) is 0 Å². The van der Waals surface area contributed by atoms with Crippen molar-refractivity contribution < 1.29 is 40.7 Å². The van der Waals surface area contributed by atoms with E-state index < -0.39 is 36.0 Å². The minimum atomic E-state index is -4.97. The normalized spacial score (nSPS) is 12.0. The molecule has 4 nitrogen and oxygen atoms in total. The van der Waals surface area contributed by atoms with E-state index in [-0.39, 0.29) is 17.2 Å². The van der Waals surface area contributed by atoms with Crippen molar-refractivity contribution in [3.8, 4) is 16.9 Å². The van der Waals surface area contributed by atoms with Crippen LogP contribution in [0.25, 0.3) is 11.1 Å². The lowest BCUT2D eigenvalue weighted by Gasteiger charge is -2.19. The molecule has 0 amide bonds. The van der Waals surface area contributed by atoms with Crippen molar-refractivity contribution in [2.24, 2.45) is 0 Å².